The average molecular weight is 270 g/mol. The Morgan fingerprint density at radius 2 is 1.89 bits per heavy atom. The molecule has 3 aromatic rings. The summed E-state index contributed by atoms with van der Waals surface area (Å²) in [6.07, 6.45) is 4.23. The third-order valence-corrected chi connectivity index (χ3v) is 4.32. The third-order valence-electron chi connectivity index (χ3n) is 3.21. The van der Waals surface area contributed by atoms with Crippen LogP contribution in [0.4, 0.5) is 5.82 Å². The van der Waals surface area contributed by atoms with Crippen molar-refractivity contribution in [1.29, 1.82) is 0 Å². The lowest BCUT2D eigenvalue weighted by molar-refractivity contribution is 0.997. The van der Waals surface area contributed by atoms with Gasteiger partial charge in [-0.25, -0.2) is 9.97 Å². The van der Waals surface area contributed by atoms with Crippen molar-refractivity contribution in [2.75, 3.05) is 5.73 Å². The van der Waals surface area contributed by atoms with Gasteiger partial charge in [0, 0.05) is 23.7 Å². The van der Waals surface area contributed by atoms with E-state index >= 15 is 0 Å². The molecule has 3 heterocycles. The number of nitrogen functional groups attached to an aromatic ring is 1. The zero-order chi connectivity index (χ0) is 13.4. The van der Waals surface area contributed by atoms with Gasteiger partial charge in [0.15, 0.2) is 0 Å². The fraction of sp³-hybridized carbons (Fsp3) is 0.214. The van der Waals surface area contributed by atoms with Gasteiger partial charge in [0.1, 0.15) is 16.5 Å². The predicted octanol–water partition coefficient (Wildman–Crippen LogP) is 2.88. The Labute approximate surface area is 115 Å². The molecule has 0 aliphatic heterocycles. The molecule has 3 rings (SSSR count). The van der Waals surface area contributed by atoms with E-state index in [0.29, 0.717) is 12.2 Å². The molecule has 0 radical (unpaired) electrons. The molecule has 0 atom stereocenters. The summed E-state index contributed by atoms with van der Waals surface area (Å²) in [5.41, 5.74) is 8.39. The first-order chi connectivity index (χ1) is 9.15. The van der Waals surface area contributed by atoms with Crippen molar-refractivity contribution < 1.29 is 0 Å². The molecule has 0 fully saturated rings. The van der Waals surface area contributed by atoms with Crippen LogP contribution < -0.4 is 5.73 Å². The summed E-state index contributed by atoms with van der Waals surface area (Å²) in [5.74, 6) is 1.34. The van der Waals surface area contributed by atoms with Crippen LogP contribution in [0.3, 0.4) is 0 Å². The number of pyridine rings is 1. The van der Waals surface area contributed by atoms with Crippen LogP contribution in [-0.2, 0) is 6.42 Å². The second-order valence-electron chi connectivity index (χ2n) is 4.52. The van der Waals surface area contributed by atoms with Crippen molar-refractivity contribution in [2.45, 2.75) is 20.3 Å². The Morgan fingerprint density at radius 1 is 1.16 bits per heavy atom. The average Bonchev–Trinajstić information content (AvgIpc) is 2.66. The van der Waals surface area contributed by atoms with Gasteiger partial charge in [-0.3, -0.25) is 4.98 Å². The number of rotatable bonds is 2. The van der Waals surface area contributed by atoms with Gasteiger partial charge < -0.3 is 5.73 Å². The van der Waals surface area contributed by atoms with Gasteiger partial charge in [-0.2, -0.15) is 0 Å². The molecule has 0 aromatic carbocycles. The molecule has 0 bridgehead atoms. The van der Waals surface area contributed by atoms with Crippen LogP contribution in [0.2, 0.25) is 0 Å². The maximum absolute atomic E-state index is 6.07. The van der Waals surface area contributed by atoms with Gasteiger partial charge in [-0.1, -0.05) is 0 Å². The first-order valence-electron chi connectivity index (χ1n) is 6.06. The summed E-state index contributed by atoms with van der Waals surface area (Å²) >= 11 is 1.67. The molecule has 0 amide bonds. The highest BCUT2D eigenvalue weighted by atomic mass is 32.1. The number of nitrogens with two attached hydrogens (primary N) is 1. The molecule has 0 saturated heterocycles. The fourth-order valence-corrected chi connectivity index (χ4v) is 3.14. The minimum absolute atomic E-state index is 0.580. The van der Waals surface area contributed by atoms with Gasteiger partial charge in [-0.05, 0) is 37.1 Å². The SMILES string of the molecule is Cc1sc2nc(Cc3ccncc3)nc(N)c2c1C. The topological polar surface area (TPSA) is 64.7 Å². The van der Waals surface area contributed by atoms with Crippen molar-refractivity contribution in [3.8, 4) is 0 Å². The van der Waals surface area contributed by atoms with Crippen LogP contribution in [0.1, 0.15) is 21.8 Å². The number of aryl methyl sites for hydroxylation is 2. The second kappa shape index (κ2) is 4.59. The van der Waals surface area contributed by atoms with Crippen molar-refractivity contribution in [2.24, 2.45) is 0 Å². The smallest absolute Gasteiger partial charge is 0.136 e. The molecular formula is C14H14N4S. The molecule has 0 aliphatic carbocycles. The molecular weight excluding hydrogens is 256 g/mol. The Balaban J connectivity index is 2.06. The van der Waals surface area contributed by atoms with Gasteiger partial charge in [0.25, 0.3) is 0 Å². The third kappa shape index (κ3) is 2.17. The molecule has 0 spiro atoms. The Hall–Kier alpha value is -2.01. The zero-order valence-electron chi connectivity index (χ0n) is 10.8. The number of fused-ring (bicyclic) bond motifs is 1. The highest BCUT2D eigenvalue weighted by Gasteiger charge is 2.12. The first-order valence-corrected chi connectivity index (χ1v) is 6.88. The quantitative estimate of drug-likeness (QED) is 0.777. The second-order valence-corrected chi connectivity index (χ2v) is 5.72. The van der Waals surface area contributed by atoms with Crippen LogP contribution in [0, 0.1) is 13.8 Å². The van der Waals surface area contributed by atoms with Crippen molar-refractivity contribution in [3.05, 3.63) is 46.4 Å². The van der Waals surface area contributed by atoms with E-state index in [0.717, 1.165) is 21.6 Å². The minimum atomic E-state index is 0.580. The van der Waals surface area contributed by atoms with E-state index in [4.69, 9.17) is 5.73 Å². The molecule has 19 heavy (non-hydrogen) atoms. The minimum Gasteiger partial charge on any atom is -0.383 e. The number of hydrogen-bond donors (Lipinski definition) is 1. The summed E-state index contributed by atoms with van der Waals surface area (Å²) < 4.78 is 0. The predicted molar refractivity (Wildman–Crippen MR) is 78.3 cm³/mol. The largest absolute Gasteiger partial charge is 0.383 e. The summed E-state index contributed by atoms with van der Waals surface area (Å²) in [6, 6.07) is 3.93. The molecule has 3 aromatic heterocycles. The number of anilines is 1. The van der Waals surface area contributed by atoms with Crippen LogP contribution in [-0.4, -0.2) is 15.0 Å². The van der Waals surface area contributed by atoms with Crippen LogP contribution >= 0.6 is 11.3 Å². The lowest BCUT2D eigenvalue weighted by Gasteiger charge is -2.03. The molecule has 0 unspecified atom stereocenters. The Bertz CT molecular complexity index is 734. The lowest BCUT2D eigenvalue weighted by Crippen LogP contribution is -2.01. The number of nitrogens with zero attached hydrogens (tertiary/aromatic N) is 3. The maximum Gasteiger partial charge on any atom is 0.136 e. The first kappa shape index (κ1) is 12.0. The van der Waals surface area contributed by atoms with Crippen LogP contribution in [0.15, 0.2) is 24.5 Å². The summed E-state index contributed by atoms with van der Waals surface area (Å²) in [5, 5.41) is 1.00. The van der Waals surface area contributed by atoms with E-state index in [1.165, 1.54) is 10.4 Å². The molecule has 96 valence electrons. The molecule has 4 nitrogen and oxygen atoms in total. The number of aromatic nitrogens is 3. The van der Waals surface area contributed by atoms with E-state index in [1.54, 1.807) is 23.7 Å². The Kier molecular flexibility index (Phi) is 2.91. The molecule has 0 aliphatic rings. The highest BCUT2D eigenvalue weighted by Crippen LogP contribution is 2.32. The molecule has 5 heteroatoms. The van der Waals surface area contributed by atoms with Gasteiger partial charge in [-0.15, -0.1) is 11.3 Å². The van der Waals surface area contributed by atoms with E-state index in [9.17, 15) is 0 Å². The monoisotopic (exact) mass is 270 g/mol. The Morgan fingerprint density at radius 3 is 2.63 bits per heavy atom. The van der Waals surface area contributed by atoms with Gasteiger partial charge in [0.2, 0.25) is 0 Å². The molecule has 0 saturated carbocycles. The van der Waals surface area contributed by atoms with Crippen molar-refractivity contribution in [1.82, 2.24) is 15.0 Å². The van der Waals surface area contributed by atoms with Crippen LogP contribution in [0.5, 0.6) is 0 Å². The van der Waals surface area contributed by atoms with Gasteiger partial charge in [0.05, 0.1) is 5.39 Å². The zero-order valence-corrected chi connectivity index (χ0v) is 11.7. The highest BCUT2D eigenvalue weighted by molar-refractivity contribution is 7.18. The lowest BCUT2D eigenvalue weighted by atomic mass is 10.2. The molecule has 2 N–H and O–H groups in total. The fourth-order valence-electron chi connectivity index (χ4n) is 2.09. The summed E-state index contributed by atoms with van der Waals surface area (Å²) in [4.78, 5) is 15.3. The summed E-state index contributed by atoms with van der Waals surface area (Å²) in [7, 11) is 0. The van der Waals surface area contributed by atoms with Crippen molar-refractivity contribution >= 4 is 27.4 Å². The van der Waals surface area contributed by atoms with Crippen LogP contribution in [0.25, 0.3) is 10.2 Å². The van der Waals surface area contributed by atoms with E-state index in [1.807, 2.05) is 12.1 Å². The van der Waals surface area contributed by atoms with Crippen molar-refractivity contribution in [3.63, 3.8) is 0 Å². The van der Waals surface area contributed by atoms with E-state index in [2.05, 4.69) is 28.8 Å². The standard InChI is InChI=1S/C14H14N4S/c1-8-9(2)19-14-12(8)13(15)17-11(18-14)7-10-3-5-16-6-4-10/h3-6H,7H2,1-2H3,(H2,15,17,18). The summed E-state index contributed by atoms with van der Waals surface area (Å²) in [6.45, 7) is 4.15. The van der Waals surface area contributed by atoms with Gasteiger partial charge >= 0.3 is 0 Å². The number of hydrogen-bond acceptors (Lipinski definition) is 5. The maximum atomic E-state index is 6.07. The number of thiophene rings is 1. The normalized spacial score (nSPS) is 11.1. The van der Waals surface area contributed by atoms with E-state index < -0.39 is 0 Å². The van der Waals surface area contributed by atoms with E-state index in [-0.39, 0.29) is 0 Å².